The van der Waals surface area contributed by atoms with Crippen LogP contribution in [-0.4, -0.2) is 28.5 Å². The van der Waals surface area contributed by atoms with Crippen LogP contribution in [0.25, 0.3) is 0 Å². The van der Waals surface area contributed by atoms with E-state index in [1.165, 1.54) is 0 Å². The van der Waals surface area contributed by atoms with Gasteiger partial charge >= 0.3 is 35.5 Å². The maximum absolute atomic E-state index is 5.40. The second-order valence-corrected chi connectivity index (χ2v) is 3.50. The third-order valence-electron chi connectivity index (χ3n) is 0.851. The number of hydrogen-bond acceptors (Lipinski definition) is 2. The molecule has 0 spiro atoms. The van der Waals surface area contributed by atoms with Crippen LogP contribution in [0.1, 0.15) is 29.1 Å². The molecule has 0 amide bonds. The van der Waals surface area contributed by atoms with E-state index in [2.05, 4.69) is 0 Å². The minimum Gasteiger partial charge on any atom is -1.00 e. The number of hydrogen-bond donors (Lipinski definition) is 0. The summed E-state index contributed by atoms with van der Waals surface area (Å²) in [6, 6.07) is 0. The molecule has 0 aliphatic rings. The Hall–Kier alpha value is 1.05. The summed E-state index contributed by atoms with van der Waals surface area (Å²) >= 11 is 0.741. The summed E-state index contributed by atoms with van der Waals surface area (Å²) in [6.45, 7) is 7.97. The summed E-state index contributed by atoms with van der Waals surface area (Å²) in [5, 5.41) is 0. The molecule has 0 heterocycles. The van der Waals surface area contributed by atoms with Crippen LogP contribution >= 0.6 is 0 Å². The molecule has 0 aromatic rings. The first kappa shape index (κ1) is 13.6. The van der Waals surface area contributed by atoms with Gasteiger partial charge in [0, 0.05) is 0 Å². The molecule has 1 unspecified atom stereocenters. The summed E-state index contributed by atoms with van der Waals surface area (Å²) in [7, 11) is 0. The van der Waals surface area contributed by atoms with Crippen molar-refractivity contribution >= 4 is 16.6 Å². The van der Waals surface area contributed by atoms with Crippen molar-refractivity contribution in [1.82, 2.24) is 0 Å². The Bertz CT molecular complexity index is 87.1. The average molecular weight is 154 g/mol. The topological polar surface area (TPSA) is 18.5 Å². The Morgan fingerprint density at radius 2 is 1.80 bits per heavy atom. The number of rotatable bonds is 2. The molecule has 2 nitrogen and oxygen atoms in total. The van der Waals surface area contributed by atoms with Crippen LogP contribution in [-0.2, 0) is 8.53 Å². The summed E-state index contributed by atoms with van der Waals surface area (Å²) in [6.07, 6.45) is -0.0448. The fraction of sp³-hybridized carbons (Fsp3) is 1.00. The van der Waals surface area contributed by atoms with E-state index in [-0.39, 0.29) is 32.2 Å². The molecule has 0 aliphatic heterocycles. The van der Waals surface area contributed by atoms with Gasteiger partial charge in [-0.25, -0.2) is 0 Å². The van der Waals surface area contributed by atoms with Crippen molar-refractivity contribution in [3.8, 4) is 0 Å². The van der Waals surface area contributed by atoms with Crippen molar-refractivity contribution in [3.63, 3.8) is 0 Å². The van der Waals surface area contributed by atoms with Gasteiger partial charge in [-0.1, -0.05) is 0 Å². The normalized spacial score (nSPS) is 14.0. The summed E-state index contributed by atoms with van der Waals surface area (Å²) in [5.74, 6) is 0. The predicted octanol–water partition coefficient (Wildman–Crippen LogP) is -2.17. The van der Waals surface area contributed by atoms with Crippen LogP contribution in [0.5, 0.6) is 0 Å². The van der Waals surface area contributed by atoms with Gasteiger partial charge in [0.1, 0.15) is 6.29 Å². The van der Waals surface area contributed by atoms with Crippen LogP contribution in [0.3, 0.4) is 0 Å². The van der Waals surface area contributed by atoms with Crippen molar-refractivity contribution in [3.05, 3.63) is 0 Å². The van der Waals surface area contributed by atoms with Crippen molar-refractivity contribution in [1.29, 1.82) is 0 Å². The molecule has 1 atom stereocenters. The molecule has 4 heteroatoms. The monoisotopic (exact) mass is 154 g/mol. The molecule has 0 saturated heterocycles. The third kappa shape index (κ3) is 9.05. The Labute approximate surface area is 85.1 Å². The van der Waals surface area contributed by atoms with Gasteiger partial charge in [0.25, 0.3) is 0 Å². The van der Waals surface area contributed by atoms with Crippen LogP contribution in [0.2, 0.25) is 0 Å². The van der Waals surface area contributed by atoms with Gasteiger partial charge in [-0.3, -0.25) is 0 Å². The van der Waals surface area contributed by atoms with Gasteiger partial charge in [0.2, 0.25) is 0 Å². The Balaban J connectivity index is -0.000000320. The zero-order valence-corrected chi connectivity index (χ0v) is 9.89. The van der Waals surface area contributed by atoms with Gasteiger partial charge in [-0.05, 0) is 27.7 Å². The standard InChI is InChI=1S/C6H13O2.Al.Li.3H/c1-5(7)8-6(2,3)4;;;;;/h5H,1-4H3;;;;;/q-1;2*+1;;;-1. The molecule has 0 aromatic heterocycles. The smallest absolute Gasteiger partial charge is 1.00 e. The zero-order chi connectivity index (χ0) is 7.49. The van der Waals surface area contributed by atoms with Crippen LogP contribution in [0, 0.1) is 0 Å². The van der Waals surface area contributed by atoms with Crippen molar-refractivity contribution < 1.29 is 28.8 Å². The van der Waals surface area contributed by atoms with Gasteiger partial charge in [0.05, 0.1) is 5.60 Å². The third-order valence-corrected chi connectivity index (χ3v) is 1.52. The van der Waals surface area contributed by atoms with E-state index in [0.29, 0.717) is 0 Å². The first-order chi connectivity index (χ1) is 3.95. The van der Waals surface area contributed by atoms with E-state index in [0.717, 1.165) is 16.6 Å². The van der Waals surface area contributed by atoms with Crippen LogP contribution in [0.4, 0.5) is 0 Å². The van der Waals surface area contributed by atoms with Crippen molar-refractivity contribution in [2.45, 2.75) is 39.6 Å². The fourth-order valence-corrected chi connectivity index (χ4v) is 0.642. The maximum atomic E-state index is 5.40. The molecular weight excluding hydrogens is 138 g/mol. The quantitative estimate of drug-likeness (QED) is 0.333. The zero-order valence-electron chi connectivity index (χ0n) is 8.89. The Kier molecular flexibility index (Phi) is 7.72. The summed E-state index contributed by atoms with van der Waals surface area (Å²) < 4.78 is 10.4. The Morgan fingerprint density at radius 1 is 1.40 bits per heavy atom. The van der Waals surface area contributed by atoms with Crippen LogP contribution in [0.15, 0.2) is 0 Å². The van der Waals surface area contributed by atoms with Gasteiger partial charge in [-0.2, -0.15) is 0 Å². The minimum absolute atomic E-state index is 0. The fourth-order valence-electron chi connectivity index (χ4n) is 0.546. The molecule has 0 fully saturated rings. The van der Waals surface area contributed by atoms with Crippen molar-refractivity contribution in [2.24, 2.45) is 0 Å². The van der Waals surface area contributed by atoms with Gasteiger partial charge in [-0.15, -0.1) is 0 Å². The maximum Gasteiger partial charge on any atom is 1.00 e. The first-order valence-corrected chi connectivity index (χ1v) is 3.98. The molecule has 0 bridgehead atoms. The van der Waals surface area contributed by atoms with Crippen LogP contribution < -0.4 is 18.9 Å². The van der Waals surface area contributed by atoms with E-state index < -0.39 is 0 Å². The number of ether oxygens (including phenoxy) is 1. The Morgan fingerprint density at radius 3 is 1.90 bits per heavy atom. The molecule has 0 radical (unpaired) electrons. The molecule has 10 heavy (non-hydrogen) atoms. The molecular formula is C6H16AlLiO2. The van der Waals surface area contributed by atoms with Crippen molar-refractivity contribution in [2.75, 3.05) is 0 Å². The minimum atomic E-state index is -0.0795. The molecule has 0 aromatic carbocycles. The summed E-state index contributed by atoms with van der Waals surface area (Å²) in [5.41, 5.74) is -0.0795. The molecule has 0 aliphatic carbocycles. The van der Waals surface area contributed by atoms with E-state index in [9.17, 15) is 0 Å². The van der Waals surface area contributed by atoms with E-state index in [1.54, 1.807) is 0 Å². The molecule has 0 rings (SSSR count). The molecule has 0 saturated carbocycles. The second kappa shape index (κ2) is 5.67. The van der Waals surface area contributed by atoms with Gasteiger partial charge in [0.15, 0.2) is 0 Å². The summed E-state index contributed by atoms with van der Waals surface area (Å²) in [4.78, 5) is 0. The second-order valence-electron chi connectivity index (χ2n) is 3.03. The largest absolute Gasteiger partial charge is 1.00 e. The SMILES string of the molecule is CC([O][AlH2])OC(C)(C)C.[H-].[Li+]. The first-order valence-electron chi connectivity index (χ1n) is 3.16. The van der Waals surface area contributed by atoms with E-state index >= 15 is 0 Å². The predicted molar refractivity (Wildman–Crippen MR) is 41.0 cm³/mol. The molecule has 0 N–H and O–H groups in total. The molecule has 56 valence electrons. The average Bonchev–Trinajstić information content (AvgIpc) is 1.62. The van der Waals surface area contributed by atoms with E-state index in [4.69, 9.17) is 8.53 Å². The van der Waals surface area contributed by atoms with E-state index in [1.807, 2.05) is 27.7 Å². The van der Waals surface area contributed by atoms with Gasteiger partial charge < -0.3 is 9.95 Å².